The van der Waals surface area contributed by atoms with Crippen molar-refractivity contribution in [2.24, 2.45) is 17.3 Å². The molecule has 0 aromatic heterocycles. The van der Waals surface area contributed by atoms with Crippen molar-refractivity contribution in [3.05, 3.63) is 59.2 Å². The van der Waals surface area contributed by atoms with Crippen LogP contribution in [-0.4, -0.2) is 51.4 Å². The molecule has 0 unspecified atom stereocenters. The summed E-state index contributed by atoms with van der Waals surface area (Å²) in [5.74, 6) is -0.0313. The minimum Gasteiger partial charge on any atom is -0.507 e. The Morgan fingerprint density at radius 2 is 1.88 bits per heavy atom. The van der Waals surface area contributed by atoms with Crippen LogP contribution in [0.15, 0.2) is 42.5 Å². The Kier molecular flexibility index (Phi) is 4.80. The zero-order valence-corrected chi connectivity index (χ0v) is 18.8. The number of aliphatic hydroxyl groups excluding tert-OH is 1. The molecule has 3 saturated carbocycles. The fourth-order valence-electron chi connectivity index (χ4n) is 6.14. The van der Waals surface area contributed by atoms with Gasteiger partial charge in [0.25, 0.3) is 5.91 Å². The lowest BCUT2D eigenvalue weighted by Gasteiger charge is -2.67. The van der Waals surface area contributed by atoms with Gasteiger partial charge in [0.1, 0.15) is 34.9 Å². The molecule has 1 amide bonds. The van der Waals surface area contributed by atoms with E-state index >= 15 is 0 Å². The first kappa shape index (κ1) is 21.3. The molecule has 32 heavy (non-hydrogen) atoms. The number of rotatable bonds is 4. The van der Waals surface area contributed by atoms with Gasteiger partial charge in [-0.05, 0) is 54.2 Å². The van der Waals surface area contributed by atoms with Crippen LogP contribution in [0.25, 0.3) is 0 Å². The number of ether oxygens (including phenoxy) is 1. The van der Waals surface area contributed by atoms with Crippen LogP contribution in [0.4, 0.5) is 0 Å². The molecule has 2 bridgehead atoms. The van der Waals surface area contributed by atoms with Crippen LogP contribution in [0.5, 0.6) is 11.5 Å². The van der Waals surface area contributed by atoms with Crippen molar-refractivity contribution in [1.82, 2.24) is 4.90 Å². The van der Waals surface area contributed by atoms with Gasteiger partial charge in [-0.15, -0.1) is 0 Å². The maximum Gasteiger partial charge on any atom is 0.261 e. The molecule has 1 aliphatic heterocycles. The Hall–Kier alpha value is -2.57. The summed E-state index contributed by atoms with van der Waals surface area (Å²) in [4.78, 5) is 14.9. The van der Waals surface area contributed by atoms with E-state index in [-0.39, 0.29) is 34.3 Å². The second-order valence-corrected chi connectivity index (χ2v) is 10.3. The van der Waals surface area contributed by atoms with Crippen LogP contribution in [-0.2, 0) is 6.42 Å². The molecule has 0 radical (unpaired) electrons. The lowest BCUT2D eigenvalue weighted by molar-refractivity contribution is -0.289. The van der Waals surface area contributed by atoms with Gasteiger partial charge in [-0.25, -0.2) is 0 Å². The van der Waals surface area contributed by atoms with E-state index < -0.39 is 17.8 Å². The molecule has 6 nitrogen and oxygen atoms in total. The number of benzene rings is 2. The molecular formula is C26H31NO5. The van der Waals surface area contributed by atoms with Crippen LogP contribution in [0.1, 0.15) is 54.3 Å². The fraction of sp³-hybridized carbons (Fsp3) is 0.500. The standard InChI is InChI=1S/C26H31NO5/c1-25(2)16-13-19(25)26(31)20(14-16)32-22-17(23(26)29)9-10-18(28)21(22)24(30)27(3)12-11-15-7-5-4-6-8-15/h4-10,16,19-20,23,28-29,31H,11-14H2,1-3H3/t16-,19-,20-,23+,26-/m1/s1. The third-order valence-electron chi connectivity index (χ3n) is 8.34. The van der Waals surface area contributed by atoms with Gasteiger partial charge in [-0.1, -0.05) is 44.2 Å². The maximum atomic E-state index is 13.3. The van der Waals surface area contributed by atoms with Crippen molar-refractivity contribution in [2.45, 2.75) is 50.9 Å². The van der Waals surface area contributed by atoms with Crippen LogP contribution in [0, 0.1) is 17.3 Å². The normalized spacial score (nSPS) is 31.5. The van der Waals surface area contributed by atoms with Crippen LogP contribution in [0.2, 0.25) is 0 Å². The van der Waals surface area contributed by atoms with Gasteiger partial charge in [0.05, 0.1) is 0 Å². The van der Waals surface area contributed by atoms with Gasteiger partial charge >= 0.3 is 0 Å². The number of aliphatic hydroxyl groups is 2. The van der Waals surface area contributed by atoms with Crippen molar-refractivity contribution in [1.29, 1.82) is 0 Å². The molecule has 4 aliphatic rings. The monoisotopic (exact) mass is 437 g/mol. The van der Waals surface area contributed by atoms with Crippen molar-refractivity contribution in [3.8, 4) is 11.5 Å². The van der Waals surface area contributed by atoms with Gasteiger partial charge < -0.3 is 25.0 Å². The second-order valence-electron chi connectivity index (χ2n) is 10.3. The Morgan fingerprint density at radius 1 is 1.16 bits per heavy atom. The second kappa shape index (κ2) is 7.22. The fourth-order valence-corrected chi connectivity index (χ4v) is 6.14. The Balaban J connectivity index is 1.45. The minimum atomic E-state index is -1.40. The number of phenolic OH excluding ortho intramolecular Hbond substituents is 1. The molecule has 0 spiro atoms. The molecule has 2 aromatic carbocycles. The van der Waals surface area contributed by atoms with Gasteiger partial charge in [0.15, 0.2) is 0 Å². The number of phenols is 1. The summed E-state index contributed by atoms with van der Waals surface area (Å²) in [6.07, 6.45) is 0.377. The Morgan fingerprint density at radius 3 is 2.56 bits per heavy atom. The highest BCUT2D eigenvalue weighted by Gasteiger charge is 2.69. The van der Waals surface area contributed by atoms with Crippen LogP contribution < -0.4 is 4.74 Å². The third kappa shape index (κ3) is 2.89. The Bertz CT molecular complexity index is 1050. The molecule has 3 aliphatic carbocycles. The number of likely N-dealkylation sites (N-methyl/N-ethyl adjacent to an activating group) is 1. The van der Waals surface area contributed by atoms with Crippen LogP contribution in [0.3, 0.4) is 0 Å². The third-order valence-corrected chi connectivity index (χ3v) is 8.34. The first-order valence-corrected chi connectivity index (χ1v) is 11.4. The van der Waals surface area contributed by atoms with E-state index in [9.17, 15) is 20.1 Å². The smallest absolute Gasteiger partial charge is 0.261 e. The quantitative estimate of drug-likeness (QED) is 0.683. The van der Waals surface area contributed by atoms with E-state index in [1.807, 2.05) is 30.3 Å². The first-order chi connectivity index (χ1) is 15.2. The summed E-state index contributed by atoms with van der Waals surface area (Å²) < 4.78 is 6.23. The molecule has 5 atom stereocenters. The topological polar surface area (TPSA) is 90.2 Å². The molecular weight excluding hydrogens is 406 g/mol. The van der Waals surface area contributed by atoms with E-state index in [1.165, 1.54) is 6.07 Å². The number of amides is 1. The van der Waals surface area contributed by atoms with E-state index in [1.54, 1.807) is 18.0 Å². The maximum absolute atomic E-state index is 13.3. The van der Waals surface area contributed by atoms with Gasteiger partial charge in [-0.3, -0.25) is 4.79 Å². The predicted octanol–water partition coefficient (Wildman–Crippen LogP) is 3.30. The van der Waals surface area contributed by atoms with Gasteiger partial charge in [-0.2, -0.15) is 0 Å². The van der Waals surface area contributed by atoms with Crippen molar-refractivity contribution in [2.75, 3.05) is 13.6 Å². The largest absolute Gasteiger partial charge is 0.507 e. The van der Waals surface area contributed by atoms with E-state index in [2.05, 4.69) is 13.8 Å². The first-order valence-electron chi connectivity index (χ1n) is 11.4. The summed E-state index contributed by atoms with van der Waals surface area (Å²) in [7, 11) is 1.69. The molecule has 6 rings (SSSR count). The summed E-state index contributed by atoms with van der Waals surface area (Å²) >= 11 is 0. The number of fused-ring (bicyclic) bond motifs is 1. The zero-order chi connectivity index (χ0) is 22.8. The van der Waals surface area contributed by atoms with Crippen molar-refractivity contribution >= 4 is 5.91 Å². The number of hydrogen-bond donors (Lipinski definition) is 3. The molecule has 170 valence electrons. The lowest BCUT2D eigenvalue weighted by atomic mass is 9.42. The van der Waals surface area contributed by atoms with E-state index in [0.717, 1.165) is 12.0 Å². The summed E-state index contributed by atoms with van der Waals surface area (Å²) in [6.45, 7) is 4.74. The van der Waals surface area contributed by atoms with Gasteiger partial charge in [0.2, 0.25) is 0 Å². The minimum absolute atomic E-state index is 0.0534. The molecule has 1 heterocycles. The average Bonchev–Trinajstić information content (AvgIpc) is 2.78. The summed E-state index contributed by atoms with van der Waals surface area (Å²) in [6, 6.07) is 12.9. The number of carbonyl (C=O) groups is 1. The molecule has 3 fully saturated rings. The Labute approximate surface area is 188 Å². The number of carbonyl (C=O) groups excluding carboxylic acids is 1. The highest BCUT2D eigenvalue weighted by atomic mass is 16.5. The van der Waals surface area contributed by atoms with E-state index in [4.69, 9.17) is 4.74 Å². The highest BCUT2D eigenvalue weighted by Crippen LogP contribution is 2.67. The molecule has 6 heteroatoms. The van der Waals surface area contributed by atoms with Crippen LogP contribution >= 0.6 is 0 Å². The van der Waals surface area contributed by atoms with Crippen molar-refractivity contribution < 1.29 is 24.9 Å². The SMILES string of the molecule is CN(CCc1ccccc1)C(=O)c1c(O)ccc2c1O[C@@H]1C[C@H]3C[C@H](C3(C)C)[C@]1(O)[C@H]2O. The number of hydrogen-bond acceptors (Lipinski definition) is 5. The molecule has 3 N–H and O–H groups in total. The predicted molar refractivity (Wildman–Crippen MR) is 120 cm³/mol. The van der Waals surface area contributed by atoms with Crippen molar-refractivity contribution in [3.63, 3.8) is 0 Å². The summed E-state index contributed by atoms with van der Waals surface area (Å²) in [5, 5.41) is 33.5. The zero-order valence-electron chi connectivity index (χ0n) is 18.8. The van der Waals surface area contributed by atoms with Gasteiger partial charge in [0, 0.05) is 19.2 Å². The molecule has 2 aromatic rings. The lowest BCUT2D eigenvalue weighted by Crippen LogP contribution is -2.72. The van der Waals surface area contributed by atoms with E-state index in [0.29, 0.717) is 30.9 Å². The molecule has 0 saturated heterocycles. The highest BCUT2D eigenvalue weighted by molar-refractivity contribution is 6.00. The summed E-state index contributed by atoms with van der Waals surface area (Å²) in [5.41, 5.74) is 0.0645. The number of aromatic hydroxyl groups is 1. The number of nitrogens with zero attached hydrogens (tertiary/aromatic N) is 1. The average molecular weight is 438 g/mol.